The van der Waals surface area contributed by atoms with E-state index in [1.807, 2.05) is 12.1 Å². The molecule has 2 atom stereocenters. The first kappa shape index (κ1) is 9.28. The first-order valence-electron chi connectivity index (χ1n) is 4.57. The molecule has 1 fully saturated rings. The Bertz CT molecular complexity index is 308. The topological polar surface area (TPSA) is 33.4 Å². The second kappa shape index (κ2) is 3.14. The Morgan fingerprint density at radius 2 is 2.46 bits per heavy atom. The molecule has 13 heavy (non-hydrogen) atoms. The van der Waals surface area contributed by atoms with Gasteiger partial charge in [0.25, 0.3) is 0 Å². The third kappa shape index (κ3) is 1.67. The summed E-state index contributed by atoms with van der Waals surface area (Å²) in [6.07, 6.45) is 2.66. The quantitative estimate of drug-likeness (QED) is 0.869. The number of furan rings is 1. The van der Waals surface area contributed by atoms with Gasteiger partial charge in [0, 0.05) is 6.42 Å². The van der Waals surface area contributed by atoms with E-state index in [9.17, 15) is 5.11 Å². The van der Waals surface area contributed by atoms with Gasteiger partial charge in [0.15, 0.2) is 4.67 Å². The highest BCUT2D eigenvalue weighted by atomic mass is 79.9. The molecule has 0 saturated heterocycles. The van der Waals surface area contributed by atoms with Crippen molar-refractivity contribution in [2.45, 2.75) is 31.8 Å². The highest BCUT2D eigenvalue weighted by Gasteiger charge is 2.42. The third-order valence-corrected chi connectivity index (χ3v) is 3.46. The van der Waals surface area contributed by atoms with E-state index < -0.39 is 5.60 Å². The van der Waals surface area contributed by atoms with E-state index in [2.05, 4.69) is 22.9 Å². The standard InChI is InChI=1S/C10H13BrO2/c1-7-4-5-10(7,12)6-8-2-3-9(11)13-8/h2-3,7,12H,4-6H2,1H3. The summed E-state index contributed by atoms with van der Waals surface area (Å²) in [5.74, 6) is 1.26. The molecule has 1 aliphatic rings. The van der Waals surface area contributed by atoms with Gasteiger partial charge in [0.2, 0.25) is 0 Å². The average Bonchev–Trinajstić information content (AvgIpc) is 2.48. The van der Waals surface area contributed by atoms with Crippen LogP contribution in [0.4, 0.5) is 0 Å². The van der Waals surface area contributed by atoms with Gasteiger partial charge in [0.1, 0.15) is 5.76 Å². The molecule has 1 N–H and O–H groups in total. The minimum absolute atomic E-state index is 0.399. The summed E-state index contributed by atoms with van der Waals surface area (Å²) in [7, 11) is 0. The van der Waals surface area contributed by atoms with Crippen molar-refractivity contribution in [1.82, 2.24) is 0 Å². The smallest absolute Gasteiger partial charge is 0.169 e. The summed E-state index contributed by atoms with van der Waals surface area (Å²) in [4.78, 5) is 0. The third-order valence-electron chi connectivity index (χ3n) is 3.04. The Hall–Kier alpha value is -0.280. The first-order valence-corrected chi connectivity index (χ1v) is 5.36. The molecule has 1 saturated carbocycles. The van der Waals surface area contributed by atoms with Gasteiger partial charge in [-0.15, -0.1) is 0 Å². The fraction of sp³-hybridized carbons (Fsp3) is 0.600. The zero-order valence-electron chi connectivity index (χ0n) is 7.59. The second-order valence-corrected chi connectivity index (χ2v) is 4.71. The molecular formula is C10H13BrO2. The highest BCUT2D eigenvalue weighted by Crippen LogP contribution is 2.40. The Morgan fingerprint density at radius 1 is 1.69 bits per heavy atom. The van der Waals surface area contributed by atoms with Crippen LogP contribution in [0.3, 0.4) is 0 Å². The molecule has 1 aliphatic carbocycles. The van der Waals surface area contributed by atoms with E-state index in [0.29, 0.717) is 12.3 Å². The van der Waals surface area contributed by atoms with Crippen LogP contribution in [0.5, 0.6) is 0 Å². The predicted molar refractivity (Wildman–Crippen MR) is 53.5 cm³/mol. The van der Waals surface area contributed by atoms with Crippen LogP contribution in [-0.4, -0.2) is 10.7 Å². The molecule has 1 aromatic heterocycles. The summed E-state index contributed by atoms with van der Waals surface area (Å²) in [5, 5.41) is 10.1. The lowest BCUT2D eigenvalue weighted by Crippen LogP contribution is -2.47. The van der Waals surface area contributed by atoms with Crippen LogP contribution >= 0.6 is 15.9 Å². The van der Waals surface area contributed by atoms with Crippen LogP contribution in [0, 0.1) is 5.92 Å². The number of rotatable bonds is 2. The van der Waals surface area contributed by atoms with Gasteiger partial charge >= 0.3 is 0 Å². The Morgan fingerprint density at radius 3 is 2.85 bits per heavy atom. The SMILES string of the molecule is CC1CCC1(O)Cc1ccc(Br)o1. The fourth-order valence-corrected chi connectivity index (χ4v) is 2.12. The maximum atomic E-state index is 10.1. The van der Waals surface area contributed by atoms with Gasteiger partial charge in [-0.25, -0.2) is 0 Å². The molecular weight excluding hydrogens is 232 g/mol. The normalized spacial score (nSPS) is 33.0. The molecule has 72 valence electrons. The summed E-state index contributed by atoms with van der Waals surface area (Å²) < 4.78 is 6.09. The van der Waals surface area contributed by atoms with E-state index >= 15 is 0 Å². The van der Waals surface area contributed by atoms with Crippen molar-refractivity contribution >= 4 is 15.9 Å². The lowest BCUT2D eigenvalue weighted by atomic mass is 9.68. The van der Waals surface area contributed by atoms with Gasteiger partial charge in [-0.1, -0.05) is 6.92 Å². The molecule has 0 amide bonds. The lowest BCUT2D eigenvalue weighted by molar-refractivity contribution is -0.0882. The van der Waals surface area contributed by atoms with Crippen LogP contribution in [0.15, 0.2) is 21.2 Å². The largest absolute Gasteiger partial charge is 0.454 e. The first-order chi connectivity index (χ1) is 6.10. The van der Waals surface area contributed by atoms with E-state index in [0.717, 1.165) is 23.3 Å². The van der Waals surface area contributed by atoms with Gasteiger partial charge in [0.05, 0.1) is 5.60 Å². The van der Waals surface area contributed by atoms with Crippen molar-refractivity contribution < 1.29 is 9.52 Å². The molecule has 2 unspecified atom stereocenters. The van der Waals surface area contributed by atoms with Gasteiger partial charge in [-0.2, -0.15) is 0 Å². The van der Waals surface area contributed by atoms with Crippen molar-refractivity contribution in [3.05, 3.63) is 22.6 Å². The second-order valence-electron chi connectivity index (χ2n) is 3.93. The van der Waals surface area contributed by atoms with Crippen LogP contribution in [-0.2, 0) is 6.42 Å². The van der Waals surface area contributed by atoms with E-state index in [4.69, 9.17) is 4.42 Å². The molecule has 1 aromatic rings. The highest BCUT2D eigenvalue weighted by molar-refractivity contribution is 9.10. The van der Waals surface area contributed by atoms with E-state index in [1.54, 1.807) is 0 Å². The Balaban J connectivity index is 2.05. The number of hydrogen-bond donors (Lipinski definition) is 1. The lowest BCUT2D eigenvalue weighted by Gasteiger charge is -2.43. The summed E-state index contributed by atoms with van der Waals surface area (Å²) in [6, 6.07) is 3.77. The summed E-state index contributed by atoms with van der Waals surface area (Å²) >= 11 is 3.25. The maximum absolute atomic E-state index is 10.1. The molecule has 0 bridgehead atoms. The average molecular weight is 245 g/mol. The predicted octanol–water partition coefficient (Wildman–Crippen LogP) is 2.75. The fourth-order valence-electron chi connectivity index (χ4n) is 1.78. The van der Waals surface area contributed by atoms with Crippen LogP contribution < -0.4 is 0 Å². The zero-order chi connectivity index (χ0) is 9.47. The van der Waals surface area contributed by atoms with Crippen LogP contribution in [0.2, 0.25) is 0 Å². The molecule has 0 aromatic carbocycles. The van der Waals surface area contributed by atoms with Gasteiger partial charge in [-0.05, 0) is 46.8 Å². The van der Waals surface area contributed by atoms with Gasteiger partial charge < -0.3 is 9.52 Å². The van der Waals surface area contributed by atoms with Gasteiger partial charge in [-0.3, -0.25) is 0 Å². The summed E-state index contributed by atoms with van der Waals surface area (Å²) in [6.45, 7) is 2.08. The molecule has 2 nitrogen and oxygen atoms in total. The Kier molecular flexibility index (Phi) is 2.24. The minimum Gasteiger partial charge on any atom is -0.454 e. The molecule has 0 aliphatic heterocycles. The summed E-state index contributed by atoms with van der Waals surface area (Å²) in [5.41, 5.74) is -0.517. The molecule has 2 rings (SSSR count). The van der Waals surface area contributed by atoms with Crippen molar-refractivity contribution in [3.8, 4) is 0 Å². The number of hydrogen-bond acceptors (Lipinski definition) is 2. The molecule has 1 heterocycles. The molecule has 0 spiro atoms. The number of aliphatic hydroxyl groups is 1. The van der Waals surface area contributed by atoms with Crippen molar-refractivity contribution in [3.63, 3.8) is 0 Å². The van der Waals surface area contributed by atoms with Crippen LogP contribution in [0.1, 0.15) is 25.5 Å². The van der Waals surface area contributed by atoms with E-state index in [-0.39, 0.29) is 0 Å². The molecule has 3 heteroatoms. The van der Waals surface area contributed by atoms with Crippen molar-refractivity contribution in [2.75, 3.05) is 0 Å². The monoisotopic (exact) mass is 244 g/mol. The number of halogens is 1. The van der Waals surface area contributed by atoms with Crippen molar-refractivity contribution in [2.24, 2.45) is 5.92 Å². The maximum Gasteiger partial charge on any atom is 0.169 e. The Labute approximate surface area is 86.1 Å². The van der Waals surface area contributed by atoms with Crippen molar-refractivity contribution in [1.29, 1.82) is 0 Å². The van der Waals surface area contributed by atoms with Crippen LogP contribution in [0.25, 0.3) is 0 Å². The van der Waals surface area contributed by atoms with E-state index in [1.165, 1.54) is 0 Å². The zero-order valence-corrected chi connectivity index (χ0v) is 9.17. The molecule has 0 radical (unpaired) electrons. The minimum atomic E-state index is -0.517.